The van der Waals surface area contributed by atoms with Gasteiger partial charge in [0.25, 0.3) is 5.91 Å². The number of hydrogen-bond acceptors (Lipinski definition) is 4. The van der Waals surface area contributed by atoms with Gasteiger partial charge < -0.3 is 16.2 Å². The summed E-state index contributed by atoms with van der Waals surface area (Å²) >= 11 is 1.35. The summed E-state index contributed by atoms with van der Waals surface area (Å²) in [6.45, 7) is 0.313. The third kappa shape index (κ3) is 4.07. The van der Waals surface area contributed by atoms with Crippen molar-refractivity contribution in [1.29, 1.82) is 0 Å². The van der Waals surface area contributed by atoms with Crippen LogP contribution in [0.3, 0.4) is 0 Å². The van der Waals surface area contributed by atoms with E-state index in [0.717, 1.165) is 37.0 Å². The highest BCUT2D eigenvalue weighted by Crippen LogP contribution is 2.20. The molecule has 0 bridgehead atoms. The number of nitrogens with one attached hydrogen (secondary N) is 1. The van der Waals surface area contributed by atoms with Crippen LogP contribution in [-0.4, -0.2) is 29.7 Å². The maximum absolute atomic E-state index is 12.2. The van der Waals surface area contributed by atoms with Crippen LogP contribution in [0.4, 0.5) is 0 Å². The number of carbonyl (C=O) groups excluding carboxylic acids is 1. The van der Waals surface area contributed by atoms with Crippen LogP contribution in [0.5, 0.6) is 0 Å². The minimum Gasteiger partial charge on any atom is -0.391 e. The van der Waals surface area contributed by atoms with Crippen molar-refractivity contribution in [3.05, 3.63) is 21.9 Å². The molecule has 0 aromatic carbocycles. The zero-order valence-electron chi connectivity index (χ0n) is 11.4. The van der Waals surface area contributed by atoms with Crippen molar-refractivity contribution in [2.24, 2.45) is 5.73 Å². The summed E-state index contributed by atoms with van der Waals surface area (Å²) in [6, 6.07) is 3.46. The molecule has 2 rings (SSSR count). The molecule has 0 aliphatic heterocycles. The second-order valence-corrected chi connectivity index (χ2v) is 6.04. The van der Waals surface area contributed by atoms with Crippen molar-refractivity contribution in [2.75, 3.05) is 6.54 Å². The van der Waals surface area contributed by atoms with Crippen LogP contribution >= 0.6 is 11.3 Å². The van der Waals surface area contributed by atoms with E-state index in [4.69, 9.17) is 5.73 Å². The topological polar surface area (TPSA) is 75.4 Å². The van der Waals surface area contributed by atoms with E-state index in [-0.39, 0.29) is 11.9 Å². The van der Waals surface area contributed by atoms with Gasteiger partial charge in [-0.15, -0.1) is 11.3 Å². The molecule has 1 fully saturated rings. The third-order valence-electron chi connectivity index (χ3n) is 3.44. The molecule has 108 valence electrons. The van der Waals surface area contributed by atoms with Crippen LogP contribution in [-0.2, 0) is 0 Å². The van der Waals surface area contributed by atoms with Crippen molar-refractivity contribution in [1.82, 2.24) is 5.32 Å². The Morgan fingerprint density at radius 3 is 3.00 bits per heavy atom. The van der Waals surface area contributed by atoms with Gasteiger partial charge in [0.05, 0.1) is 28.4 Å². The van der Waals surface area contributed by atoms with Gasteiger partial charge in [-0.05, 0) is 25.0 Å². The molecule has 1 heterocycles. The zero-order valence-corrected chi connectivity index (χ0v) is 12.2. The van der Waals surface area contributed by atoms with Crippen LogP contribution in [0.15, 0.2) is 12.1 Å². The predicted octanol–water partition coefficient (Wildman–Crippen LogP) is 1.48. The van der Waals surface area contributed by atoms with Crippen molar-refractivity contribution < 1.29 is 9.90 Å². The number of carbonyl (C=O) groups is 1. The van der Waals surface area contributed by atoms with Gasteiger partial charge in [-0.1, -0.05) is 31.1 Å². The number of aliphatic hydroxyl groups is 1. The average Bonchev–Trinajstić information content (AvgIpc) is 2.83. The minimum atomic E-state index is -0.432. The van der Waals surface area contributed by atoms with Gasteiger partial charge in [0.2, 0.25) is 0 Å². The fraction of sp³-hybridized carbons (Fsp3) is 0.533. The summed E-state index contributed by atoms with van der Waals surface area (Å²) in [7, 11) is 0. The van der Waals surface area contributed by atoms with Gasteiger partial charge in [-0.25, -0.2) is 0 Å². The number of nitrogens with two attached hydrogens (primary N) is 1. The summed E-state index contributed by atoms with van der Waals surface area (Å²) < 4.78 is 0. The highest BCUT2D eigenvalue weighted by Gasteiger charge is 2.24. The van der Waals surface area contributed by atoms with E-state index in [9.17, 15) is 9.90 Å². The molecule has 2 unspecified atom stereocenters. The SMILES string of the molecule is NCC#Cc1ccc(C(=O)NC2CCCCCC2O)s1. The number of rotatable bonds is 2. The first-order valence-corrected chi connectivity index (χ1v) is 7.80. The molecule has 4 N–H and O–H groups in total. The lowest BCUT2D eigenvalue weighted by Gasteiger charge is -2.21. The predicted molar refractivity (Wildman–Crippen MR) is 80.6 cm³/mol. The van der Waals surface area contributed by atoms with Crippen molar-refractivity contribution in [2.45, 2.75) is 44.2 Å². The summed E-state index contributed by atoms with van der Waals surface area (Å²) in [5.74, 6) is 5.56. The summed E-state index contributed by atoms with van der Waals surface area (Å²) in [4.78, 5) is 13.6. The monoisotopic (exact) mass is 292 g/mol. The van der Waals surface area contributed by atoms with Gasteiger partial charge in [0.1, 0.15) is 0 Å². The van der Waals surface area contributed by atoms with Gasteiger partial charge in [-0.3, -0.25) is 4.79 Å². The van der Waals surface area contributed by atoms with Crippen LogP contribution in [0, 0.1) is 11.8 Å². The summed E-state index contributed by atoms with van der Waals surface area (Å²) in [5.41, 5.74) is 5.32. The normalized spacial score (nSPS) is 22.5. The van der Waals surface area contributed by atoms with Gasteiger partial charge in [0.15, 0.2) is 0 Å². The van der Waals surface area contributed by atoms with Gasteiger partial charge in [-0.2, -0.15) is 0 Å². The van der Waals surface area contributed by atoms with Crippen LogP contribution in [0.2, 0.25) is 0 Å². The highest BCUT2D eigenvalue weighted by atomic mass is 32.1. The molecule has 5 heteroatoms. The number of hydrogen-bond donors (Lipinski definition) is 3. The molecular formula is C15H20N2O2S. The second kappa shape index (κ2) is 7.44. The quantitative estimate of drug-likeness (QED) is 0.571. The van der Waals surface area contributed by atoms with Crippen molar-refractivity contribution in [3.63, 3.8) is 0 Å². The Hall–Kier alpha value is -1.35. The molecule has 0 radical (unpaired) electrons. The molecule has 1 saturated carbocycles. The maximum atomic E-state index is 12.2. The Bertz CT molecular complexity index is 515. The highest BCUT2D eigenvalue weighted by molar-refractivity contribution is 7.14. The third-order valence-corrected chi connectivity index (χ3v) is 4.44. The van der Waals surface area contributed by atoms with Crippen molar-refractivity contribution >= 4 is 17.2 Å². The fourth-order valence-corrected chi connectivity index (χ4v) is 3.15. The van der Waals surface area contributed by atoms with E-state index >= 15 is 0 Å². The molecule has 1 amide bonds. The van der Waals surface area contributed by atoms with Crippen LogP contribution in [0.1, 0.15) is 46.7 Å². The lowest BCUT2D eigenvalue weighted by Crippen LogP contribution is -2.42. The van der Waals surface area contributed by atoms with E-state index in [1.54, 1.807) is 6.07 Å². The smallest absolute Gasteiger partial charge is 0.261 e. The fourth-order valence-electron chi connectivity index (χ4n) is 2.36. The second-order valence-electron chi connectivity index (χ2n) is 4.96. The molecule has 20 heavy (non-hydrogen) atoms. The summed E-state index contributed by atoms with van der Waals surface area (Å²) in [5, 5.41) is 13.0. The number of thiophene rings is 1. The first-order valence-electron chi connectivity index (χ1n) is 6.98. The summed E-state index contributed by atoms with van der Waals surface area (Å²) in [6.07, 6.45) is 4.39. The van der Waals surface area contributed by atoms with Crippen molar-refractivity contribution in [3.8, 4) is 11.8 Å². The van der Waals surface area contributed by atoms with Crippen LogP contribution in [0.25, 0.3) is 0 Å². The van der Waals surface area contributed by atoms with E-state index < -0.39 is 6.10 Å². The molecule has 1 aliphatic carbocycles. The maximum Gasteiger partial charge on any atom is 0.261 e. The standard InChI is InChI=1S/C15H20N2O2S/c16-10-4-5-11-8-9-14(20-11)15(19)17-12-6-2-1-3-7-13(12)18/h8-9,12-13,18H,1-3,6-7,10,16H2,(H,17,19). The first-order chi connectivity index (χ1) is 9.70. The minimum absolute atomic E-state index is 0.123. The molecule has 0 spiro atoms. The average molecular weight is 292 g/mol. The van der Waals surface area contributed by atoms with E-state index in [0.29, 0.717) is 11.4 Å². The lowest BCUT2D eigenvalue weighted by molar-refractivity contribution is 0.0822. The molecule has 0 saturated heterocycles. The largest absolute Gasteiger partial charge is 0.391 e. The molecular weight excluding hydrogens is 272 g/mol. The van der Waals surface area contributed by atoms with E-state index in [1.165, 1.54) is 11.3 Å². The molecule has 1 aromatic rings. The molecule has 1 aromatic heterocycles. The Kier molecular flexibility index (Phi) is 5.60. The van der Waals surface area contributed by atoms with Gasteiger partial charge >= 0.3 is 0 Å². The zero-order chi connectivity index (χ0) is 14.4. The Labute approximate surface area is 123 Å². The van der Waals surface area contributed by atoms with E-state index in [1.807, 2.05) is 6.07 Å². The molecule has 1 aliphatic rings. The van der Waals surface area contributed by atoms with E-state index in [2.05, 4.69) is 17.2 Å². The Morgan fingerprint density at radius 1 is 1.40 bits per heavy atom. The van der Waals surface area contributed by atoms with Crippen LogP contribution < -0.4 is 11.1 Å². The molecule has 2 atom stereocenters. The van der Waals surface area contributed by atoms with Gasteiger partial charge in [0, 0.05) is 0 Å². The Morgan fingerprint density at radius 2 is 2.20 bits per heavy atom. The molecule has 4 nitrogen and oxygen atoms in total. The lowest BCUT2D eigenvalue weighted by atomic mass is 10.1. The number of amides is 1. The first kappa shape index (κ1) is 15.0. The Balaban J connectivity index is 1.98. The number of aliphatic hydroxyl groups excluding tert-OH is 1.